The number of amides is 4. The van der Waals surface area contributed by atoms with Crippen molar-refractivity contribution in [2.45, 2.75) is 24.7 Å². The molecule has 0 saturated carbocycles. The lowest BCUT2D eigenvalue weighted by Gasteiger charge is -2.42. The number of barbiturate groups is 1. The number of urea groups is 1. The van der Waals surface area contributed by atoms with Gasteiger partial charge in [-0.15, -0.1) is 13.2 Å². The molecular weight excluding hydrogens is 533 g/mol. The molecule has 3 saturated heterocycles. The normalized spacial score (nSPS) is 22.8. The second kappa shape index (κ2) is 11.2. The van der Waals surface area contributed by atoms with Gasteiger partial charge in [0.2, 0.25) is 5.54 Å². The SMILES string of the molecule is C=CO.CN1CCC2(CCN(C3(c4ccc(Oc5ccc(OC(F)(F)F)cc5)cc4)C(=O)NC(=O)NC3=O)C2)C1. The maximum absolute atomic E-state index is 13.3. The zero-order valence-corrected chi connectivity index (χ0v) is 21.7. The fraction of sp³-hybridized carbons (Fsp3) is 0.370. The topological polar surface area (TPSA) is 120 Å². The lowest BCUT2D eigenvalue weighted by Crippen LogP contribution is -2.70. The Morgan fingerprint density at radius 1 is 0.900 bits per heavy atom. The van der Waals surface area contributed by atoms with Crippen LogP contribution in [0.4, 0.5) is 18.0 Å². The van der Waals surface area contributed by atoms with Crippen LogP contribution in [-0.2, 0) is 15.1 Å². The predicted octanol–water partition coefficient (Wildman–Crippen LogP) is 3.65. The van der Waals surface area contributed by atoms with Crippen LogP contribution in [0.25, 0.3) is 0 Å². The highest BCUT2D eigenvalue weighted by Gasteiger charge is 2.59. The summed E-state index contributed by atoms with van der Waals surface area (Å²) in [6.45, 7) is 5.75. The second-order valence-corrected chi connectivity index (χ2v) is 9.94. The highest BCUT2D eigenvalue weighted by molar-refractivity contribution is 6.22. The number of aliphatic hydroxyl groups excluding tert-OH is 1. The fourth-order valence-corrected chi connectivity index (χ4v) is 5.58. The number of rotatable bonds is 5. The number of hydrogen-bond donors (Lipinski definition) is 3. The number of alkyl halides is 3. The number of nitrogens with one attached hydrogen (secondary N) is 2. The Labute approximate surface area is 228 Å². The minimum absolute atomic E-state index is 0.0329. The molecule has 1 unspecified atom stereocenters. The van der Waals surface area contributed by atoms with Crippen molar-refractivity contribution in [1.29, 1.82) is 0 Å². The summed E-state index contributed by atoms with van der Waals surface area (Å²) in [4.78, 5) is 42.6. The first kappa shape index (κ1) is 28.9. The molecule has 0 bridgehead atoms. The molecule has 0 aromatic heterocycles. The van der Waals surface area contributed by atoms with Crippen LogP contribution in [0.2, 0.25) is 0 Å². The molecule has 1 spiro atoms. The summed E-state index contributed by atoms with van der Waals surface area (Å²) >= 11 is 0. The monoisotopic (exact) mass is 562 g/mol. The number of halogens is 3. The van der Waals surface area contributed by atoms with E-state index in [1.165, 1.54) is 12.1 Å². The zero-order chi connectivity index (χ0) is 29.1. The number of nitrogens with zero attached hydrogens (tertiary/aromatic N) is 2. The van der Waals surface area contributed by atoms with Gasteiger partial charge < -0.3 is 19.5 Å². The molecule has 0 aliphatic carbocycles. The first-order valence-corrected chi connectivity index (χ1v) is 12.4. The molecule has 0 radical (unpaired) electrons. The Balaban J connectivity index is 0.00000118. The van der Waals surface area contributed by atoms with Gasteiger partial charge in [0.25, 0.3) is 11.8 Å². The standard InChI is InChI=1S/C25H25F3N4O5.C2H4O/c1-31-12-10-23(14-31)11-13-32(15-23)24(20(33)29-22(35)30-21(24)34)16-2-4-17(5-3-16)36-18-6-8-19(9-7-18)37-25(26,27)28;1-2-3/h2-9H,10-15H2,1H3,(H2,29,30,33,34,35);2-3H,1H2. The maximum atomic E-state index is 13.3. The van der Waals surface area contributed by atoms with E-state index >= 15 is 0 Å². The van der Waals surface area contributed by atoms with Crippen molar-refractivity contribution in [3.63, 3.8) is 0 Å². The van der Waals surface area contributed by atoms with E-state index in [-0.39, 0.29) is 16.9 Å². The maximum Gasteiger partial charge on any atom is 0.573 e. The van der Waals surface area contributed by atoms with Gasteiger partial charge in [0, 0.05) is 19.6 Å². The largest absolute Gasteiger partial charge is 0.573 e. The van der Waals surface area contributed by atoms with Gasteiger partial charge in [-0.3, -0.25) is 25.1 Å². The van der Waals surface area contributed by atoms with Gasteiger partial charge in [0.15, 0.2) is 0 Å². The fourth-order valence-electron chi connectivity index (χ4n) is 5.58. The molecule has 1 atom stereocenters. The summed E-state index contributed by atoms with van der Waals surface area (Å²) in [5, 5.41) is 11.8. The summed E-state index contributed by atoms with van der Waals surface area (Å²) < 4.78 is 46.7. The van der Waals surface area contributed by atoms with Gasteiger partial charge in [-0.2, -0.15) is 0 Å². The van der Waals surface area contributed by atoms with E-state index in [1.807, 2.05) is 11.9 Å². The highest BCUT2D eigenvalue weighted by atomic mass is 19.4. The van der Waals surface area contributed by atoms with E-state index in [2.05, 4.69) is 26.8 Å². The number of aliphatic hydroxyl groups is 1. The second-order valence-electron chi connectivity index (χ2n) is 9.94. The van der Waals surface area contributed by atoms with E-state index in [4.69, 9.17) is 9.84 Å². The van der Waals surface area contributed by atoms with Crippen molar-refractivity contribution in [3.05, 3.63) is 66.9 Å². The van der Waals surface area contributed by atoms with Crippen LogP contribution in [0, 0.1) is 5.41 Å². The zero-order valence-electron chi connectivity index (χ0n) is 21.7. The average molecular weight is 563 g/mol. The molecule has 4 amide bonds. The third-order valence-corrected chi connectivity index (χ3v) is 7.22. The van der Waals surface area contributed by atoms with Crippen LogP contribution < -0.4 is 20.1 Å². The Hall–Kier alpha value is -4.10. The van der Waals surface area contributed by atoms with Gasteiger partial charge in [-0.1, -0.05) is 18.7 Å². The molecule has 3 heterocycles. The van der Waals surface area contributed by atoms with E-state index in [1.54, 1.807) is 24.3 Å². The molecule has 2 aromatic rings. The number of likely N-dealkylation sites (tertiary alicyclic amines) is 2. The van der Waals surface area contributed by atoms with Gasteiger partial charge in [0.1, 0.15) is 17.2 Å². The van der Waals surface area contributed by atoms with Crippen LogP contribution in [0.1, 0.15) is 18.4 Å². The molecule has 3 aliphatic rings. The lowest BCUT2D eigenvalue weighted by atomic mass is 9.83. The van der Waals surface area contributed by atoms with Gasteiger partial charge in [-0.05, 0) is 73.8 Å². The smallest absolute Gasteiger partial charge is 0.516 e. The Kier molecular flexibility index (Phi) is 8.08. The molecule has 214 valence electrons. The van der Waals surface area contributed by atoms with Crippen LogP contribution in [0.5, 0.6) is 17.2 Å². The minimum Gasteiger partial charge on any atom is -0.516 e. The average Bonchev–Trinajstić information content (AvgIpc) is 3.45. The molecule has 10 nitrogen and oxygen atoms in total. The number of imide groups is 2. The third-order valence-electron chi connectivity index (χ3n) is 7.22. The number of carbonyl (C=O) groups is 3. The molecule has 2 aromatic carbocycles. The third kappa shape index (κ3) is 5.89. The molecule has 3 fully saturated rings. The Morgan fingerprint density at radius 3 is 1.90 bits per heavy atom. The Bertz CT molecular complexity index is 1250. The summed E-state index contributed by atoms with van der Waals surface area (Å²) in [6.07, 6.45) is -2.26. The molecule has 13 heteroatoms. The van der Waals surface area contributed by atoms with E-state index in [0.717, 1.165) is 44.3 Å². The summed E-state index contributed by atoms with van der Waals surface area (Å²) in [5.41, 5.74) is -1.39. The minimum atomic E-state index is -4.79. The highest BCUT2D eigenvalue weighted by Crippen LogP contribution is 2.45. The van der Waals surface area contributed by atoms with E-state index < -0.39 is 29.7 Å². The number of carbonyl (C=O) groups excluding carboxylic acids is 3. The van der Waals surface area contributed by atoms with Crippen LogP contribution >= 0.6 is 0 Å². The van der Waals surface area contributed by atoms with E-state index in [9.17, 15) is 27.6 Å². The predicted molar refractivity (Wildman–Crippen MR) is 137 cm³/mol. The van der Waals surface area contributed by atoms with Crippen molar-refractivity contribution in [3.8, 4) is 17.2 Å². The molecule has 40 heavy (non-hydrogen) atoms. The number of hydrogen-bond acceptors (Lipinski definition) is 8. The van der Waals surface area contributed by atoms with Crippen LogP contribution in [-0.4, -0.2) is 72.3 Å². The van der Waals surface area contributed by atoms with Gasteiger partial charge in [0.05, 0.1) is 6.26 Å². The quantitative estimate of drug-likeness (QED) is 0.373. The van der Waals surface area contributed by atoms with Crippen molar-refractivity contribution >= 4 is 17.8 Å². The summed E-state index contributed by atoms with van der Waals surface area (Å²) in [6, 6.07) is 10.3. The summed E-state index contributed by atoms with van der Waals surface area (Å²) in [7, 11) is 2.04. The van der Waals surface area contributed by atoms with Crippen LogP contribution in [0.15, 0.2) is 61.4 Å². The molecule has 5 rings (SSSR count). The molecule has 3 N–H and O–H groups in total. The molecular formula is C27H29F3N4O6. The van der Waals surface area contributed by atoms with Crippen molar-refractivity contribution in [1.82, 2.24) is 20.4 Å². The van der Waals surface area contributed by atoms with Crippen molar-refractivity contribution in [2.24, 2.45) is 5.41 Å². The van der Waals surface area contributed by atoms with Gasteiger partial charge in [-0.25, -0.2) is 4.79 Å². The van der Waals surface area contributed by atoms with Crippen LogP contribution in [0.3, 0.4) is 0 Å². The Morgan fingerprint density at radius 2 is 1.40 bits per heavy atom. The number of ether oxygens (including phenoxy) is 2. The number of benzene rings is 2. The first-order chi connectivity index (χ1) is 18.9. The first-order valence-electron chi connectivity index (χ1n) is 12.4. The van der Waals surface area contributed by atoms with Gasteiger partial charge >= 0.3 is 12.4 Å². The van der Waals surface area contributed by atoms with E-state index in [0.29, 0.717) is 24.4 Å². The molecule has 3 aliphatic heterocycles. The lowest BCUT2D eigenvalue weighted by molar-refractivity contribution is -0.274. The van der Waals surface area contributed by atoms with Crippen molar-refractivity contribution in [2.75, 3.05) is 33.2 Å². The van der Waals surface area contributed by atoms with Crippen molar-refractivity contribution < 1.29 is 42.1 Å². The summed E-state index contributed by atoms with van der Waals surface area (Å²) in [5.74, 6) is -1.19.